The Morgan fingerprint density at radius 1 is 0.803 bits per heavy atom. The molecule has 0 spiro atoms. The van der Waals surface area contributed by atoms with E-state index in [2.05, 4.69) is 33.9 Å². The molecule has 3 N–H and O–H groups in total. The third-order valence-electron chi connectivity index (χ3n) is 11.3. The zero-order valence-electron chi connectivity index (χ0n) is 34.9. The van der Waals surface area contributed by atoms with Crippen molar-refractivity contribution in [3.8, 4) is 11.1 Å². The van der Waals surface area contributed by atoms with Gasteiger partial charge in [-0.3, -0.25) is 9.78 Å². The van der Waals surface area contributed by atoms with Crippen molar-refractivity contribution in [1.29, 1.82) is 0 Å². The minimum absolute atomic E-state index is 0.0243. The third kappa shape index (κ3) is 11.4. The van der Waals surface area contributed by atoms with Crippen LogP contribution in [0.3, 0.4) is 0 Å². The lowest BCUT2D eigenvalue weighted by Crippen LogP contribution is -2.47. The molecular formula is C50H54N4O6S. The Morgan fingerprint density at radius 3 is 2.20 bits per heavy atom. The smallest absolute Gasteiger partial charge is 0.241 e. The van der Waals surface area contributed by atoms with Crippen molar-refractivity contribution < 1.29 is 27.8 Å². The molecule has 0 unspecified atom stereocenters. The summed E-state index contributed by atoms with van der Waals surface area (Å²) in [5.41, 5.74) is 8.33. The van der Waals surface area contributed by atoms with Crippen LogP contribution in [0.2, 0.25) is 0 Å². The summed E-state index contributed by atoms with van der Waals surface area (Å²) < 4.78 is 43.1. The number of aromatic nitrogens is 1. The van der Waals surface area contributed by atoms with Gasteiger partial charge in [0.25, 0.3) is 0 Å². The Labute approximate surface area is 359 Å². The molecule has 2 heterocycles. The molecule has 6 aromatic rings. The maximum atomic E-state index is 13.8. The van der Waals surface area contributed by atoms with Gasteiger partial charge in [-0.15, -0.1) is 0 Å². The van der Waals surface area contributed by atoms with Crippen LogP contribution in [0.15, 0.2) is 157 Å². The van der Waals surface area contributed by atoms with Crippen LogP contribution in [-0.4, -0.2) is 61.6 Å². The van der Waals surface area contributed by atoms with Crippen LogP contribution in [0, 0.1) is 12.8 Å². The van der Waals surface area contributed by atoms with Crippen LogP contribution in [0.1, 0.15) is 58.4 Å². The first-order valence-electron chi connectivity index (χ1n) is 20.7. The zero-order chi connectivity index (χ0) is 42.8. The lowest BCUT2D eigenvalue weighted by Gasteiger charge is -2.42. The number of carbonyl (C=O) groups excluding carboxylic acids is 1. The predicted octanol–water partition coefficient (Wildman–Crippen LogP) is 7.72. The van der Waals surface area contributed by atoms with Crippen molar-refractivity contribution in [1.82, 2.24) is 19.9 Å². The Morgan fingerprint density at radius 2 is 1.49 bits per heavy atom. The van der Waals surface area contributed by atoms with E-state index in [9.17, 15) is 18.3 Å². The lowest BCUT2D eigenvalue weighted by atomic mass is 9.90. The number of sulfonamides is 1. The summed E-state index contributed by atoms with van der Waals surface area (Å²) >= 11 is 0. The highest BCUT2D eigenvalue weighted by Crippen LogP contribution is 2.42. The number of hydrogen-bond donors (Lipinski definition) is 3. The van der Waals surface area contributed by atoms with Crippen LogP contribution >= 0.6 is 0 Å². The largest absolute Gasteiger partial charge is 0.392 e. The number of nitrogens with zero attached hydrogens (tertiary/aromatic N) is 2. The van der Waals surface area contributed by atoms with Crippen molar-refractivity contribution in [2.24, 2.45) is 5.92 Å². The molecule has 11 heteroatoms. The first-order valence-corrected chi connectivity index (χ1v) is 22.2. The second kappa shape index (κ2) is 20.4. The molecule has 1 saturated heterocycles. The van der Waals surface area contributed by atoms with Crippen molar-refractivity contribution in [2.75, 3.05) is 20.1 Å². The number of ether oxygens (including phenoxy) is 2. The van der Waals surface area contributed by atoms with Gasteiger partial charge in [0, 0.05) is 49.4 Å². The summed E-state index contributed by atoms with van der Waals surface area (Å²) in [6.07, 6.45) is 1.84. The van der Waals surface area contributed by atoms with E-state index in [1.165, 1.54) is 0 Å². The molecule has 0 bridgehead atoms. The Kier molecular flexibility index (Phi) is 14.5. The van der Waals surface area contributed by atoms with Crippen LogP contribution in [0.4, 0.5) is 0 Å². The van der Waals surface area contributed by atoms with E-state index < -0.39 is 28.3 Å². The van der Waals surface area contributed by atoms with Gasteiger partial charge in [-0.05, 0) is 78.0 Å². The highest BCUT2D eigenvalue weighted by Gasteiger charge is 2.39. The van der Waals surface area contributed by atoms with E-state index in [-0.39, 0.29) is 42.6 Å². The van der Waals surface area contributed by atoms with E-state index in [0.717, 1.165) is 63.2 Å². The highest BCUT2D eigenvalue weighted by atomic mass is 32.2. The highest BCUT2D eigenvalue weighted by molar-refractivity contribution is 7.89. The normalized spacial score (nSPS) is 18.4. The summed E-state index contributed by atoms with van der Waals surface area (Å²) in [5, 5.41) is 12.7. The molecule has 0 aliphatic carbocycles. The van der Waals surface area contributed by atoms with E-state index in [1.54, 1.807) is 24.3 Å². The molecule has 1 aliphatic rings. The van der Waals surface area contributed by atoms with E-state index in [4.69, 9.17) is 9.47 Å². The average molecular weight is 839 g/mol. The molecular weight excluding hydrogens is 785 g/mol. The summed E-state index contributed by atoms with van der Waals surface area (Å²) in [6.45, 7) is 5.75. The summed E-state index contributed by atoms with van der Waals surface area (Å²) in [6, 6.07) is 44.8. The molecule has 61 heavy (non-hydrogen) atoms. The molecule has 7 rings (SSSR count). The number of carbonyl (C=O) groups is 1. The number of aliphatic hydroxyl groups excluding tert-OH is 1. The van der Waals surface area contributed by atoms with Crippen molar-refractivity contribution >= 4 is 15.9 Å². The average Bonchev–Trinajstić information content (AvgIpc) is 3.29. The molecule has 1 aromatic heterocycles. The first kappa shape index (κ1) is 43.6. The molecule has 0 saturated carbocycles. The molecule has 1 aliphatic heterocycles. The third-order valence-corrected chi connectivity index (χ3v) is 12.8. The van der Waals surface area contributed by atoms with Gasteiger partial charge >= 0.3 is 0 Å². The van der Waals surface area contributed by atoms with Gasteiger partial charge in [0.2, 0.25) is 15.9 Å². The number of benzene rings is 5. The number of likely N-dealkylation sites (N-methyl/N-ethyl adjacent to an activating group) is 1. The predicted molar refractivity (Wildman–Crippen MR) is 238 cm³/mol. The maximum Gasteiger partial charge on any atom is 0.241 e. The SMILES string of the molecule is Cc1ccc(S(=O)(=O)N[C@H](Cc2ccccc2)C(=O)NCc2ccccc2-c2ccc([C@H]3O[C@@H](CN(C)CCc4ccccn4)[C@@H](C)[C@@H](c4ccc(CO)cc4)O3)cc2)cc1. The first-order chi connectivity index (χ1) is 29.6. The molecule has 10 nitrogen and oxygen atoms in total. The van der Waals surface area contributed by atoms with Gasteiger partial charge in [-0.2, -0.15) is 4.72 Å². The van der Waals surface area contributed by atoms with E-state index >= 15 is 0 Å². The summed E-state index contributed by atoms with van der Waals surface area (Å²) in [5.74, 6) is -0.386. The second-order valence-corrected chi connectivity index (χ2v) is 17.5. The number of amides is 1. The number of hydrogen-bond acceptors (Lipinski definition) is 8. The topological polar surface area (TPSA) is 130 Å². The van der Waals surface area contributed by atoms with Crippen LogP contribution in [-0.2, 0) is 50.3 Å². The zero-order valence-corrected chi connectivity index (χ0v) is 35.7. The van der Waals surface area contributed by atoms with Crippen molar-refractivity contribution in [3.05, 3.63) is 191 Å². The fourth-order valence-corrected chi connectivity index (χ4v) is 8.87. The Hall–Kier alpha value is -5.53. The number of pyridine rings is 1. The maximum absolute atomic E-state index is 13.8. The summed E-state index contributed by atoms with van der Waals surface area (Å²) in [4.78, 5) is 20.7. The molecule has 1 fully saturated rings. The van der Waals surface area contributed by atoms with Gasteiger partial charge in [0.15, 0.2) is 6.29 Å². The van der Waals surface area contributed by atoms with Gasteiger partial charge in [0.05, 0.1) is 23.7 Å². The minimum Gasteiger partial charge on any atom is -0.392 e. The fourth-order valence-electron chi connectivity index (χ4n) is 7.67. The molecule has 316 valence electrons. The van der Waals surface area contributed by atoms with Crippen LogP contribution in [0.5, 0.6) is 0 Å². The van der Waals surface area contributed by atoms with Crippen molar-refractivity contribution in [3.63, 3.8) is 0 Å². The summed E-state index contributed by atoms with van der Waals surface area (Å²) in [7, 11) is -1.87. The van der Waals surface area contributed by atoms with Gasteiger partial charge in [-0.25, -0.2) is 8.42 Å². The number of rotatable bonds is 17. The lowest BCUT2D eigenvalue weighted by molar-refractivity contribution is -0.275. The standard InChI is InChI=1S/C50H54N4O6S/c1-35-16-26-44(27-17-35)61(57,58)53-46(31-37-11-5-4-6-12-37)49(56)52-32-42-13-7-8-15-45(42)39-22-24-41(25-23-39)50-59-47(33-54(3)30-28-43-14-9-10-29-51-43)36(2)48(60-50)40-20-18-38(34-55)19-21-40/h4-27,29,36,46-48,50,53,55H,28,30-34H2,1-3H3,(H,52,56)/t36-,46-,47+,48+,50+/m1/s1. The Bertz CT molecular complexity index is 2430. The van der Waals surface area contributed by atoms with Gasteiger partial charge in [-0.1, -0.05) is 134 Å². The Balaban J connectivity index is 1.07. The quantitative estimate of drug-likeness (QED) is 0.0852. The molecule has 1 amide bonds. The van der Waals surface area contributed by atoms with Crippen LogP contribution < -0.4 is 10.0 Å². The second-order valence-electron chi connectivity index (χ2n) is 15.8. The number of aliphatic hydroxyl groups is 1. The molecule has 0 radical (unpaired) electrons. The monoisotopic (exact) mass is 838 g/mol. The van der Waals surface area contributed by atoms with Gasteiger partial charge < -0.3 is 24.8 Å². The molecule has 5 atom stereocenters. The minimum atomic E-state index is -3.98. The fraction of sp³-hybridized carbons (Fsp3) is 0.280. The van der Waals surface area contributed by atoms with E-state index in [1.807, 2.05) is 134 Å². The van der Waals surface area contributed by atoms with Crippen LogP contribution in [0.25, 0.3) is 11.1 Å². The number of nitrogens with one attached hydrogen (secondary N) is 2. The molecule has 5 aromatic carbocycles. The number of aryl methyl sites for hydroxylation is 1. The van der Waals surface area contributed by atoms with Gasteiger partial charge in [0.1, 0.15) is 6.04 Å². The van der Waals surface area contributed by atoms with Crippen molar-refractivity contribution in [2.45, 2.75) is 69.3 Å². The van der Waals surface area contributed by atoms with E-state index in [0.29, 0.717) is 6.54 Å².